The highest BCUT2D eigenvalue weighted by Gasteiger charge is 2.23. The Morgan fingerprint density at radius 1 is 1.03 bits per heavy atom. The van der Waals surface area contributed by atoms with Crippen LogP contribution in [0.3, 0.4) is 0 Å². The Morgan fingerprint density at radius 3 is 2.53 bits per heavy atom. The second-order valence-electron chi connectivity index (χ2n) is 10.2. The molecule has 0 aromatic carbocycles. The minimum Gasteiger partial charge on any atom is -0.395 e. The Hall–Kier alpha value is -3.08. The highest BCUT2D eigenvalue weighted by Crippen LogP contribution is 2.28. The van der Waals surface area contributed by atoms with E-state index in [4.69, 9.17) is 16.7 Å². The fourth-order valence-corrected chi connectivity index (χ4v) is 5.44. The molecule has 5 rings (SSSR count). The quantitative estimate of drug-likeness (QED) is 0.353. The van der Waals surface area contributed by atoms with E-state index in [0.717, 1.165) is 67.6 Å². The molecule has 1 aliphatic heterocycles. The third-order valence-electron chi connectivity index (χ3n) is 7.51. The van der Waals surface area contributed by atoms with Crippen molar-refractivity contribution in [1.29, 1.82) is 0 Å². The average molecular weight is 539 g/mol. The van der Waals surface area contributed by atoms with Crippen molar-refractivity contribution in [3.05, 3.63) is 47.5 Å². The number of nitrogens with one attached hydrogen (secondary N) is 2. The van der Waals surface area contributed by atoms with Gasteiger partial charge in [-0.3, -0.25) is 9.69 Å². The average Bonchev–Trinajstić information content (AvgIpc) is 2.94. The van der Waals surface area contributed by atoms with Gasteiger partial charge in [0.05, 0.1) is 13.0 Å². The molecule has 0 bridgehead atoms. The molecular weight excluding hydrogens is 504 g/mol. The van der Waals surface area contributed by atoms with Crippen molar-refractivity contribution < 1.29 is 9.90 Å². The number of nitrogens with zero attached hydrogens (tertiary/aromatic N) is 6. The summed E-state index contributed by atoms with van der Waals surface area (Å²) in [6.07, 6.45) is 9.86. The highest BCUT2D eigenvalue weighted by molar-refractivity contribution is 6.33. The number of hydrogen-bond acceptors (Lipinski definition) is 9. The van der Waals surface area contributed by atoms with Crippen molar-refractivity contribution in [2.24, 2.45) is 5.92 Å². The zero-order chi connectivity index (χ0) is 26.3. The number of amides is 1. The SMILES string of the molecule is O=C(Cc1cnc(NCC2CCC(Nc3ccc4ccnc(Cl)c4n3)CC2)nc1)N1CCN(CCO)CC1. The van der Waals surface area contributed by atoms with Crippen LogP contribution < -0.4 is 10.6 Å². The molecule has 3 N–H and O–H groups in total. The summed E-state index contributed by atoms with van der Waals surface area (Å²) in [6, 6.07) is 6.32. The summed E-state index contributed by atoms with van der Waals surface area (Å²) < 4.78 is 0. The van der Waals surface area contributed by atoms with E-state index in [-0.39, 0.29) is 12.5 Å². The van der Waals surface area contributed by atoms with Crippen LogP contribution in [0.15, 0.2) is 36.8 Å². The molecule has 0 unspecified atom stereocenters. The van der Waals surface area contributed by atoms with E-state index < -0.39 is 0 Å². The first kappa shape index (κ1) is 26.5. The molecule has 1 amide bonds. The number of β-amino-alcohol motifs (C(OH)–C–C–N with tert-alkyl or cyclic N) is 1. The second kappa shape index (κ2) is 12.6. The first-order valence-electron chi connectivity index (χ1n) is 13.4. The van der Waals surface area contributed by atoms with Gasteiger partial charge in [-0.15, -0.1) is 0 Å². The van der Waals surface area contributed by atoms with Crippen LogP contribution in [0.5, 0.6) is 0 Å². The Balaban J connectivity index is 1.03. The first-order valence-corrected chi connectivity index (χ1v) is 13.8. The molecule has 202 valence electrons. The molecule has 10 nitrogen and oxygen atoms in total. The second-order valence-corrected chi connectivity index (χ2v) is 10.5. The van der Waals surface area contributed by atoms with Crippen LogP contribution in [-0.4, -0.2) is 92.7 Å². The summed E-state index contributed by atoms with van der Waals surface area (Å²) in [6.45, 7) is 4.65. The van der Waals surface area contributed by atoms with Crippen molar-refractivity contribution in [1.82, 2.24) is 29.7 Å². The fraction of sp³-hybridized carbons (Fsp3) is 0.519. The molecule has 0 atom stereocenters. The van der Waals surface area contributed by atoms with E-state index in [1.54, 1.807) is 18.6 Å². The molecule has 3 aromatic heterocycles. The zero-order valence-electron chi connectivity index (χ0n) is 21.5. The Kier molecular flexibility index (Phi) is 8.83. The number of anilines is 2. The maximum atomic E-state index is 12.6. The molecule has 3 aromatic rings. The standard InChI is InChI=1S/C27H35ClN8O2/c28-26-25-21(7-8-29-26)3-6-23(34-25)33-22-4-1-19(2-5-22)16-30-27-31-17-20(18-32-27)15-24(38)36-11-9-35(10-12-36)13-14-37/h3,6-8,17-19,22,37H,1-2,4-5,9-16H2,(H,33,34)(H,30,31,32). The summed E-state index contributed by atoms with van der Waals surface area (Å²) in [5.74, 6) is 2.10. The molecule has 11 heteroatoms. The van der Waals surface area contributed by atoms with Crippen molar-refractivity contribution in [3.8, 4) is 0 Å². The number of piperazine rings is 1. The molecule has 2 fully saturated rings. The number of rotatable bonds is 9. The van der Waals surface area contributed by atoms with Gasteiger partial charge in [-0.1, -0.05) is 11.6 Å². The van der Waals surface area contributed by atoms with Gasteiger partial charge >= 0.3 is 0 Å². The molecule has 0 radical (unpaired) electrons. The lowest BCUT2D eigenvalue weighted by Gasteiger charge is -2.34. The summed E-state index contributed by atoms with van der Waals surface area (Å²) in [5, 5.41) is 17.4. The fourth-order valence-electron chi connectivity index (χ4n) is 5.24. The van der Waals surface area contributed by atoms with Gasteiger partial charge in [0.25, 0.3) is 0 Å². The topological polar surface area (TPSA) is 119 Å². The van der Waals surface area contributed by atoms with E-state index in [1.165, 1.54) is 0 Å². The van der Waals surface area contributed by atoms with E-state index in [1.807, 2.05) is 23.1 Å². The van der Waals surface area contributed by atoms with Gasteiger partial charge in [-0.25, -0.2) is 19.9 Å². The minimum atomic E-state index is 0.0991. The van der Waals surface area contributed by atoms with Gasteiger partial charge in [0, 0.05) is 69.3 Å². The molecule has 38 heavy (non-hydrogen) atoms. The summed E-state index contributed by atoms with van der Waals surface area (Å²) in [4.78, 5) is 34.3. The lowest BCUT2D eigenvalue weighted by Crippen LogP contribution is -2.49. The number of aromatic nitrogens is 4. The van der Waals surface area contributed by atoms with E-state index in [9.17, 15) is 4.79 Å². The number of hydrogen-bond donors (Lipinski definition) is 3. The molecule has 4 heterocycles. The molecule has 1 saturated carbocycles. The van der Waals surface area contributed by atoms with Crippen LogP contribution in [0.25, 0.3) is 10.9 Å². The molecule has 1 saturated heterocycles. The van der Waals surface area contributed by atoms with Crippen molar-refractivity contribution in [2.45, 2.75) is 38.1 Å². The highest BCUT2D eigenvalue weighted by atomic mass is 35.5. The maximum absolute atomic E-state index is 12.6. The number of halogens is 1. The minimum absolute atomic E-state index is 0.0991. The first-order chi connectivity index (χ1) is 18.6. The number of aliphatic hydroxyl groups is 1. The van der Waals surface area contributed by atoms with E-state index >= 15 is 0 Å². The largest absolute Gasteiger partial charge is 0.395 e. The van der Waals surface area contributed by atoms with Gasteiger partial charge < -0.3 is 20.6 Å². The number of fused-ring (bicyclic) bond motifs is 1. The van der Waals surface area contributed by atoms with Crippen LogP contribution in [0.1, 0.15) is 31.2 Å². The molecule has 0 spiro atoms. The smallest absolute Gasteiger partial charge is 0.227 e. The lowest BCUT2D eigenvalue weighted by molar-refractivity contribution is -0.132. The molecular formula is C27H35ClN8O2. The number of carbonyl (C=O) groups is 1. The van der Waals surface area contributed by atoms with Crippen molar-refractivity contribution in [3.63, 3.8) is 0 Å². The normalized spacial score (nSPS) is 20.4. The lowest BCUT2D eigenvalue weighted by atomic mass is 9.86. The third-order valence-corrected chi connectivity index (χ3v) is 7.79. The van der Waals surface area contributed by atoms with Crippen LogP contribution in [-0.2, 0) is 11.2 Å². The predicted octanol–water partition coefficient (Wildman–Crippen LogP) is 2.84. The van der Waals surface area contributed by atoms with Crippen LogP contribution in [0.2, 0.25) is 5.15 Å². The third kappa shape index (κ3) is 6.86. The Bertz CT molecular complexity index is 1210. The summed E-state index contributed by atoms with van der Waals surface area (Å²) in [7, 11) is 0. The number of pyridine rings is 2. The molecule has 2 aliphatic rings. The van der Waals surface area contributed by atoms with Crippen molar-refractivity contribution in [2.75, 3.05) is 56.5 Å². The van der Waals surface area contributed by atoms with E-state index in [0.29, 0.717) is 49.1 Å². The number of aliphatic hydroxyl groups excluding tert-OH is 1. The predicted molar refractivity (Wildman–Crippen MR) is 148 cm³/mol. The van der Waals surface area contributed by atoms with Gasteiger partial charge in [0.2, 0.25) is 11.9 Å². The monoisotopic (exact) mass is 538 g/mol. The summed E-state index contributed by atoms with van der Waals surface area (Å²) >= 11 is 6.21. The van der Waals surface area contributed by atoms with Gasteiger partial charge in [0.15, 0.2) is 5.15 Å². The van der Waals surface area contributed by atoms with Gasteiger partial charge in [-0.05, 0) is 55.4 Å². The zero-order valence-corrected chi connectivity index (χ0v) is 22.3. The van der Waals surface area contributed by atoms with Gasteiger partial charge in [0.1, 0.15) is 11.3 Å². The Labute approximate surface area is 227 Å². The van der Waals surface area contributed by atoms with Gasteiger partial charge in [-0.2, -0.15) is 0 Å². The summed E-state index contributed by atoms with van der Waals surface area (Å²) in [5.41, 5.74) is 1.55. The van der Waals surface area contributed by atoms with Crippen molar-refractivity contribution >= 4 is 40.2 Å². The number of carbonyl (C=O) groups excluding carboxylic acids is 1. The van der Waals surface area contributed by atoms with E-state index in [2.05, 4.69) is 35.5 Å². The van der Waals surface area contributed by atoms with Crippen LogP contribution >= 0.6 is 11.6 Å². The van der Waals surface area contributed by atoms with Crippen LogP contribution in [0, 0.1) is 5.92 Å². The van der Waals surface area contributed by atoms with Crippen LogP contribution in [0.4, 0.5) is 11.8 Å². The molecule has 1 aliphatic carbocycles. The Morgan fingerprint density at radius 2 is 1.79 bits per heavy atom. The maximum Gasteiger partial charge on any atom is 0.227 e.